The van der Waals surface area contributed by atoms with Crippen LogP contribution < -0.4 is 11.1 Å². The fourth-order valence-corrected chi connectivity index (χ4v) is 2.73. The van der Waals surface area contributed by atoms with Crippen LogP contribution in [0.3, 0.4) is 0 Å². The van der Waals surface area contributed by atoms with Gasteiger partial charge in [0.1, 0.15) is 0 Å². The van der Waals surface area contributed by atoms with Crippen LogP contribution in [0.1, 0.15) is 35.7 Å². The smallest absolute Gasteiger partial charge is 0.254 e. The maximum atomic E-state index is 12.5. The Morgan fingerprint density at radius 3 is 2.57 bits per heavy atom. The van der Waals surface area contributed by atoms with Gasteiger partial charge in [0.25, 0.3) is 5.91 Å². The van der Waals surface area contributed by atoms with Gasteiger partial charge in [-0.3, -0.25) is 9.59 Å². The number of rotatable bonds is 3. The Balaban J connectivity index is 1.92. The lowest BCUT2D eigenvalue weighted by molar-refractivity contribution is -0.119. The van der Waals surface area contributed by atoms with E-state index in [4.69, 9.17) is 5.73 Å². The molecule has 0 aromatic heterocycles. The highest BCUT2D eigenvalue weighted by atomic mass is 16.2. The second-order valence-electron chi connectivity index (χ2n) is 5.75. The number of hydrogen-bond acceptors (Lipinski definition) is 3. The fourth-order valence-electron chi connectivity index (χ4n) is 2.73. The highest BCUT2D eigenvalue weighted by molar-refractivity contribution is 5.96. The minimum Gasteiger partial charge on any atom is -0.399 e. The van der Waals surface area contributed by atoms with Crippen LogP contribution in [0.15, 0.2) is 18.2 Å². The van der Waals surface area contributed by atoms with Crippen molar-refractivity contribution >= 4 is 17.5 Å². The molecule has 1 fully saturated rings. The molecule has 1 saturated heterocycles. The molecule has 0 aliphatic carbocycles. The molecular formula is C16H23N3O2. The molecule has 1 aromatic carbocycles. The molecule has 0 saturated carbocycles. The van der Waals surface area contributed by atoms with Crippen LogP contribution in [0.5, 0.6) is 0 Å². The lowest BCUT2D eigenvalue weighted by Crippen LogP contribution is -2.41. The Bertz CT molecular complexity index is 534. The molecule has 3 N–H and O–H groups in total. The molecular weight excluding hydrogens is 266 g/mol. The largest absolute Gasteiger partial charge is 0.399 e. The van der Waals surface area contributed by atoms with Gasteiger partial charge in [-0.05, 0) is 49.4 Å². The third-order valence-corrected chi connectivity index (χ3v) is 4.02. The van der Waals surface area contributed by atoms with Crippen LogP contribution in [0.4, 0.5) is 5.69 Å². The predicted molar refractivity (Wildman–Crippen MR) is 82.9 cm³/mol. The first-order valence-electron chi connectivity index (χ1n) is 7.37. The van der Waals surface area contributed by atoms with Gasteiger partial charge in [0.15, 0.2) is 0 Å². The lowest BCUT2D eigenvalue weighted by Gasteiger charge is -2.32. The molecule has 1 aliphatic heterocycles. The van der Waals surface area contributed by atoms with Crippen molar-refractivity contribution in [1.29, 1.82) is 0 Å². The van der Waals surface area contributed by atoms with Crippen LogP contribution in [0, 0.1) is 12.8 Å². The van der Waals surface area contributed by atoms with Crippen molar-refractivity contribution in [3.63, 3.8) is 0 Å². The number of amides is 2. The number of nitrogen functional groups attached to an aromatic ring is 1. The van der Waals surface area contributed by atoms with Crippen molar-refractivity contribution in [2.75, 3.05) is 25.4 Å². The van der Waals surface area contributed by atoms with Gasteiger partial charge in [-0.15, -0.1) is 0 Å². The first kappa shape index (κ1) is 15.4. The Morgan fingerprint density at radius 1 is 1.33 bits per heavy atom. The molecule has 1 aromatic rings. The molecule has 114 valence electrons. The number of nitrogens with zero attached hydrogens (tertiary/aromatic N) is 1. The molecule has 1 heterocycles. The number of likely N-dealkylation sites (tertiary alicyclic amines) is 1. The Morgan fingerprint density at radius 2 is 2.00 bits per heavy atom. The molecule has 0 bridgehead atoms. The molecule has 2 amide bonds. The number of anilines is 1. The van der Waals surface area contributed by atoms with Gasteiger partial charge in [0.05, 0.1) is 0 Å². The summed E-state index contributed by atoms with van der Waals surface area (Å²) >= 11 is 0. The van der Waals surface area contributed by atoms with Gasteiger partial charge in [0, 0.05) is 37.8 Å². The van der Waals surface area contributed by atoms with Crippen molar-refractivity contribution in [3.05, 3.63) is 29.3 Å². The van der Waals surface area contributed by atoms with E-state index in [0.29, 0.717) is 18.2 Å². The molecule has 0 spiro atoms. The third-order valence-electron chi connectivity index (χ3n) is 4.02. The summed E-state index contributed by atoms with van der Waals surface area (Å²) in [5.74, 6) is 0.543. The summed E-state index contributed by atoms with van der Waals surface area (Å²) in [6.07, 6.45) is 1.86. The first-order chi connectivity index (χ1) is 9.97. The van der Waals surface area contributed by atoms with Gasteiger partial charge in [-0.2, -0.15) is 0 Å². The van der Waals surface area contributed by atoms with Crippen molar-refractivity contribution in [2.45, 2.75) is 26.7 Å². The van der Waals surface area contributed by atoms with E-state index in [-0.39, 0.29) is 11.8 Å². The fraction of sp³-hybridized carbons (Fsp3) is 0.500. The molecule has 0 radical (unpaired) electrons. The SMILES string of the molecule is CC(=O)NCC1CCN(C(=O)c2ccc(N)cc2C)CC1. The zero-order chi connectivity index (χ0) is 15.4. The van der Waals surface area contributed by atoms with E-state index in [0.717, 1.165) is 37.1 Å². The van der Waals surface area contributed by atoms with Crippen molar-refractivity contribution in [2.24, 2.45) is 5.92 Å². The number of hydrogen-bond donors (Lipinski definition) is 2. The average molecular weight is 289 g/mol. The van der Waals surface area contributed by atoms with E-state index < -0.39 is 0 Å². The summed E-state index contributed by atoms with van der Waals surface area (Å²) in [6.45, 7) is 5.63. The predicted octanol–water partition coefficient (Wildman–Crippen LogP) is 1.57. The minimum absolute atomic E-state index is 0.00556. The Labute approximate surface area is 125 Å². The third kappa shape index (κ3) is 3.97. The molecule has 0 unspecified atom stereocenters. The van der Waals surface area contributed by atoms with E-state index in [9.17, 15) is 9.59 Å². The molecule has 5 nitrogen and oxygen atoms in total. The summed E-state index contributed by atoms with van der Waals surface area (Å²) < 4.78 is 0. The monoisotopic (exact) mass is 289 g/mol. The Hall–Kier alpha value is -2.04. The van der Waals surface area contributed by atoms with Gasteiger partial charge in [-0.25, -0.2) is 0 Å². The van der Waals surface area contributed by atoms with Crippen LogP contribution in [0.2, 0.25) is 0 Å². The quantitative estimate of drug-likeness (QED) is 0.829. The number of carbonyl (C=O) groups is 2. The van der Waals surface area contributed by atoms with Crippen LogP contribution in [0.25, 0.3) is 0 Å². The molecule has 0 atom stereocenters. The normalized spacial score (nSPS) is 15.8. The molecule has 5 heteroatoms. The number of aryl methyl sites for hydroxylation is 1. The minimum atomic E-state index is 0.00556. The Kier molecular flexibility index (Phi) is 4.83. The van der Waals surface area contributed by atoms with Gasteiger partial charge < -0.3 is 16.0 Å². The highest BCUT2D eigenvalue weighted by Gasteiger charge is 2.24. The van der Waals surface area contributed by atoms with Gasteiger partial charge in [-0.1, -0.05) is 0 Å². The van der Waals surface area contributed by atoms with Crippen molar-refractivity contribution < 1.29 is 9.59 Å². The number of benzene rings is 1. The zero-order valence-corrected chi connectivity index (χ0v) is 12.7. The summed E-state index contributed by atoms with van der Waals surface area (Å²) in [5, 5.41) is 2.85. The second kappa shape index (κ2) is 6.61. The number of nitrogens with two attached hydrogens (primary N) is 1. The van der Waals surface area contributed by atoms with E-state index in [1.165, 1.54) is 6.92 Å². The summed E-state index contributed by atoms with van der Waals surface area (Å²) in [6, 6.07) is 5.40. The van der Waals surface area contributed by atoms with E-state index in [2.05, 4.69) is 5.32 Å². The van der Waals surface area contributed by atoms with E-state index >= 15 is 0 Å². The molecule has 21 heavy (non-hydrogen) atoms. The highest BCUT2D eigenvalue weighted by Crippen LogP contribution is 2.20. The summed E-state index contributed by atoms with van der Waals surface area (Å²) in [5.41, 5.74) is 8.04. The van der Waals surface area contributed by atoms with Crippen LogP contribution in [-0.4, -0.2) is 36.3 Å². The van der Waals surface area contributed by atoms with Gasteiger partial charge >= 0.3 is 0 Å². The molecule has 1 aliphatic rings. The second-order valence-corrected chi connectivity index (χ2v) is 5.75. The topological polar surface area (TPSA) is 75.4 Å². The van der Waals surface area contributed by atoms with Crippen LogP contribution in [-0.2, 0) is 4.79 Å². The van der Waals surface area contributed by atoms with Crippen LogP contribution >= 0.6 is 0 Å². The zero-order valence-electron chi connectivity index (χ0n) is 12.7. The maximum absolute atomic E-state index is 12.5. The number of nitrogens with one attached hydrogen (secondary N) is 1. The standard InChI is InChI=1S/C16H23N3O2/c1-11-9-14(17)3-4-15(11)16(21)19-7-5-13(6-8-19)10-18-12(2)20/h3-4,9,13H,5-8,10,17H2,1-2H3,(H,18,20). The average Bonchev–Trinajstić information content (AvgIpc) is 2.45. The van der Waals surface area contributed by atoms with Crippen molar-refractivity contribution in [3.8, 4) is 0 Å². The molecule has 2 rings (SSSR count). The van der Waals surface area contributed by atoms with Crippen molar-refractivity contribution in [1.82, 2.24) is 10.2 Å². The summed E-state index contributed by atoms with van der Waals surface area (Å²) in [4.78, 5) is 25.3. The summed E-state index contributed by atoms with van der Waals surface area (Å²) in [7, 11) is 0. The maximum Gasteiger partial charge on any atom is 0.254 e. The first-order valence-corrected chi connectivity index (χ1v) is 7.37. The van der Waals surface area contributed by atoms with E-state index in [1.807, 2.05) is 17.9 Å². The van der Waals surface area contributed by atoms with E-state index in [1.54, 1.807) is 12.1 Å². The lowest BCUT2D eigenvalue weighted by atomic mass is 9.95. The van der Waals surface area contributed by atoms with Gasteiger partial charge in [0.2, 0.25) is 5.91 Å². The number of carbonyl (C=O) groups excluding carboxylic acids is 2. The number of piperidine rings is 1.